The number of aliphatic hydroxyl groups excluding tert-OH is 1. The molecular formula is C15H22FNO3. The van der Waals surface area contributed by atoms with Crippen LogP contribution < -0.4 is 5.32 Å². The minimum atomic E-state index is -1.23. The molecule has 112 valence electrons. The van der Waals surface area contributed by atoms with Crippen molar-refractivity contribution in [1.82, 2.24) is 5.32 Å². The third kappa shape index (κ3) is 6.63. The Kier molecular flexibility index (Phi) is 7.18. The van der Waals surface area contributed by atoms with Crippen LogP contribution >= 0.6 is 0 Å². The van der Waals surface area contributed by atoms with E-state index in [2.05, 4.69) is 5.32 Å². The van der Waals surface area contributed by atoms with Gasteiger partial charge in [0.25, 0.3) is 0 Å². The summed E-state index contributed by atoms with van der Waals surface area (Å²) in [7, 11) is 0. The Balaban J connectivity index is 0.000000286. The van der Waals surface area contributed by atoms with Crippen LogP contribution in [0.2, 0.25) is 0 Å². The normalized spacial score (nSPS) is 19.6. The fraction of sp³-hybridized carbons (Fsp3) is 0.533. The van der Waals surface area contributed by atoms with Crippen LogP contribution in [-0.4, -0.2) is 35.4 Å². The first-order valence-electron chi connectivity index (χ1n) is 6.85. The third-order valence-corrected chi connectivity index (χ3v) is 3.19. The number of hydrogen-bond donors (Lipinski definition) is 3. The highest BCUT2D eigenvalue weighted by Crippen LogP contribution is 2.16. The van der Waals surface area contributed by atoms with Crippen LogP contribution in [0, 0.1) is 11.7 Å². The maximum absolute atomic E-state index is 12.7. The van der Waals surface area contributed by atoms with Crippen molar-refractivity contribution in [2.24, 2.45) is 5.92 Å². The van der Waals surface area contributed by atoms with Crippen molar-refractivity contribution in [2.45, 2.75) is 32.3 Å². The summed E-state index contributed by atoms with van der Waals surface area (Å²) in [6.45, 7) is 3.46. The second kappa shape index (κ2) is 8.66. The zero-order chi connectivity index (χ0) is 15.0. The molecule has 0 amide bonds. The predicted molar refractivity (Wildman–Crippen MR) is 75.0 cm³/mol. The van der Waals surface area contributed by atoms with Crippen LogP contribution in [0.3, 0.4) is 0 Å². The standard InChI is InChI=1S/C12H16FN.C3H6O3/c13-12-5-3-10(4-6-12)8-11-2-1-7-14-9-11;1-2(4)3(5)6/h3-6,11,14H,1-2,7-9H2;2,4H,1H3,(H,5,6)/t11-;2-/m01/s1. The van der Waals surface area contributed by atoms with Crippen molar-refractivity contribution in [1.29, 1.82) is 0 Å². The van der Waals surface area contributed by atoms with E-state index in [0.717, 1.165) is 25.4 Å². The number of aliphatic hydroxyl groups is 1. The van der Waals surface area contributed by atoms with E-state index in [1.54, 1.807) is 12.1 Å². The van der Waals surface area contributed by atoms with Crippen LogP contribution in [0.25, 0.3) is 0 Å². The SMILES string of the molecule is C[C@@H](O)C(=O)O.Fc1ccc(C[C@@H]2CCCNC2)cc1. The zero-order valence-corrected chi connectivity index (χ0v) is 11.7. The van der Waals surface area contributed by atoms with Gasteiger partial charge < -0.3 is 15.5 Å². The van der Waals surface area contributed by atoms with Crippen LogP contribution in [0.15, 0.2) is 24.3 Å². The van der Waals surface area contributed by atoms with Gasteiger partial charge in [0.2, 0.25) is 0 Å². The van der Waals surface area contributed by atoms with Crippen LogP contribution in [-0.2, 0) is 11.2 Å². The number of aliphatic carboxylic acids is 1. The molecule has 2 rings (SSSR count). The van der Waals surface area contributed by atoms with E-state index >= 15 is 0 Å². The molecule has 0 bridgehead atoms. The van der Waals surface area contributed by atoms with Crippen molar-refractivity contribution >= 4 is 5.97 Å². The lowest BCUT2D eigenvalue weighted by Crippen LogP contribution is -2.30. The van der Waals surface area contributed by atoms with Gasteiger partial charge in [0.15, 0.2) is 0 Å². The van der Waals surface area contributed by atoms with Gasteiger partial charge in [-0.3, -0.25) is 0 Å². The van der Waals surface area contributed by atoms with Gasteiger partial charge in [0, 0.05) is 0 Å². The van der Waals surface area contributed by atoms with Crippen LogP contribution in [0.4, 0.5) is 4.39 Å². The number of carboxylic acids is 1. The maximum atomic E-state index is 12.7. The van der Waals surface area contributed by atoms with Crippen LogP contribution in [0.5, 0.6) is 0 Å². The Hall–Kier alpha value is -1.46. The van der Waals surface area contributed by atoms with E-state index in [1.165, 1.54) is 25.3 Å². The molecule has 0 saturated carbocycles. The van der Waals surface area contributed by atoms with Gasteiger partial charge in [0.1, 0.15) is 11.9 Å². The molecular weight excluding hydrogens is 261 g/mol. The monoisotopic (exact) mass is 283 g/mol. The lowest BCUT2D eigenvalue weighted by molar-refractivity contribution is -0.145. The number of nitrogens with one attached hydrogen (secondary N) is 1. The molecule has 1 aromatic carbocycles. The topological polar surface area (TPSA) is 69.6 Å². The summed E-state index contributed by atoms with van der Waals surface area (Å²) in [5, 5.41) is 19.2. The molecule has 0 aliphatic carbocycles. The summed E-state index contributed by atoms with van der Waals surface area (Å²) in [6.07, 6.45) is 2.41. The molecule has 1 aliphatic heterocycles. The quantitative estimate of drug-likeness (QED) is 0.791. The van der Waals surface area contributed by atoms with E-state index in [-0.39, 0.29) is 5.82 Å². The van der Waals surface area contributed by atoms with E-state index in [0.29, 0.717) is 0 Å². The van der Waals surface area contributed by atoms with Gasteiger partial charge in [-0.25, -0.2) is 9.18 Å². The molecule has 4 nitrogen and oxygen atoms in total. The largest absolute Gasteiger partial charge is 0.479 e. The van der Waals surface area contributed by atoms with E-state index in [1.807, 2.05) is 12.1 Å². The molecule has 0 radical (unpaired) electrons. The minimum Gasteiger partial charge on any atom is -0.479 e. The van der Waals surface area contributed by atoms with Gasteiger partial charge >= 0.3 is 5.97 Å². The Bertz CT molecular complexity index is 400. The van der Waals surface area contributed by atoms with Gasteiger partial charge in [-0.15, -0.1) is 0 Å². The highest BCUT2D eigenvalue weighted by atomic mass is 19.1. The first kappa shape index (κ1) is 16.6. The average Bonchev–Trinajstić information content (AvgIpc) is 2.43. The molecule has 1 heterocycles. The van der Waals surface area contributed by atoms with Gasteiger partial charge in [0.05, 0.1) is 0 Å². The lowest BCUT2D eigenvalue weighted by Gasteiger charge is -2.22. The van der Waals surface area contributed by atoms with Crippen molar-refractivity contribution in [2.75, 3.05) is 13.1 Å². The van der Waals surface area contributed by atoms with Crippen molar-refractivity contribution in [3.8, 4) is 0 Å². The first-order valence-corrected chi connectivity index (χ1v) is 6.85. The maximum Gasteiger partial charge on any atom is 0.332 e. The Morgan fingerprint density at radius 1 is 1.45 bits per heavy atom. The third-order valence-electron chi connectivity index (χ3n) is 3.19. The minimum absolute atomic E-state index is 0.143. The van der Waals surface area contributed by atoms with Crippen LogP contribution in [0.1, 0.15) is 25.3 Å². The first-order chi connectivity index (χ1) is 9.49. The summed E-state index contributed by atoms with van der Waals surface area (Å²) in [5.74, 6) is -0.597. The van der Waals surface area contributed by atoms with Gasteiger partial charge in [-0.1, -0.05) is 12.1 Å². The molecule has 3 N–H and O–H groups in total. The van der Waals surface area contributed by atoms with E-state index < -0.39 is 12.1 Å². The second-order valence-electron chi connectivity index (χ2n) is 5.06. The number of halogens is 1. The van der Waals surface area contributed by atoms with Crippen molar-refractivity contribution in [3.05, 3.63) is 35.6 Å². The fourth-order valence-electron chi connectivity index (χ4n) is 2.05. The Morgan fingerprint density at radius 3 is 2.50 bits per heavy atom. The molecule has 1 fully saturated rings. The summed E-state index contributed by atoms with van der Waals surface area (Å²) >= 11 is 0. The Labute approximate surface area is 118 Å². The lowest BCUT2D eigenvalue weighted by atomic mass is 9.92. The van der Waals surface area contributed by atoms with Crippen molar-refractivity contribution in [3.63, 3.8) is 0 Å². The molecule has 20 heavy (non-hydrogen) atoms. The molecule has 1 aliphatic rings. The summed E-state index contributed by atoms with van der Waals surface area (Å²) < 4.78 is 12.7. The number of carbonyl (C=O) groups is 1. The molecule has 5 heteroatoms. The molecule has 1 saturated heterocycles. The summed E-state index contributed by atoms with van der Waals surface area (Å²) in [6, 6.07) is 6.88. The summed E-state index contributed by atoms with van der Waals surface area (Å²) in [5.41, 5.74) is 1.25. The number of carboxylic acid groups (broad SMARTS) is 1. The fourth-order valence-corrected chi connectivity index (χ4v) is 2.05. The summed E-state index contributed by atoms with van der Waals surface area (Å²) in [4.78, 5) is 9.45. The molecule has 0 aromatic heterocycles. The predicted octanol–water partition coefficient (Wildman–Crippen LogP) is 1.82. The molecule has 0 spiro atoms. The number of rotatable bonds is 3. The van der Waals surface area contributed by atoms with Crippen molar-refractivity contribution < 1.29 is 19.4 Å². The average molecular weight is 283 g/mol. The molecule has 0 unspecified atom stereocenters. The number of piperidine rings is 1. The zero-order valence-electron chi connectivity index (χ0n) is 11.7. The second-order valence-corrected chi connectivity index (χ2v) is 5.06. The number of hydrogen-bond acceptors (Lipinski definition) is 3. The number of benzene rings is 1. The smallest absolute Gasteiger partial charge is 0.332 e. The van der Waals surface area contributed by atoms with Gasteiger partial charge in [-0.2, -0.15) is 0 Å². The molecule has 1 aromatic rings. The van der Waals surface area contributed by atoms with E-state index in [4.69, 9.17) is 10.2 Å². The Morgan fingerprint density at radius 2 is 2.05 bits per heavy atom. The van der Waals surface area contributed by atoms with Gasteiger partial charge in [-0.05, 0) is 62.9 Å². The molecule has 2 atom stereocenters. The highest BCUT2D eigenvalue weighted by molar-refractivity contribution is 5.71. The highest BCUT2D eigenvalue weighted by Gasteiger charge is 2.12. The van der Waals surface area contributed by atoms with E-state index in [9.17, 15) is 9.18 Å².